The molecule has 3 amide bonds. The summed E-state index contributed by atoms with van der Waals surface area (Å²) >= 11 is 3.90. The van der Waals surface area contributed by atoms with Crippen molar-refractivity contribution >= 4 is 53.2 Å². The summed E-state index contributed by atoms with van der Waals surface area (Å²) in [6.07, 6.45) is 1.01. The fourth-order valence-electron chi connectivity index (χ4n) is 4.25. The zero-order valence-corrected chi connectivity index (χ0v) is 23.3. The molecule has 1 aromatic heterocycles. The highest BCUT2D eigenvalue weighted by molar-refractivity contribution is 7.80. The van der Waals surface area contributed by atoms with Gasteiger partial charge in [-0.2, -0.15) is 12.6 Å². The van der Waals surface area contributed by atoms with Crippen molar-refractivity contribution in [1.29, 1.82) is 0 Å². The van der Waals surface area contributed by atoms with E-state index in [-0.39, 0.29) is 30.8 Å². The van der Waals surface area contributed by atoms with E-state index in [9.17, 15) is 34.2 Å². The molecule has 42 heavy (non-hydrogen) atoms. The number of nitrogens with two attached hydrogens (primary N) is 1. The van der Waals surface area contributed by atoms with Gasteiger partial charge in [-0.3, -0.25) is 19.2 Å². The third-order valence-electron chi connectivity index (χ3n) is 6.54. The molecule has 224 valence electrons. The number of carboxylic acid groups (broad SMARTS) is 2. The van der Waals surface area contributed by atoms with Gasteiger partial charge in [0, 0.05) is 35.7 Å². The van der Waals surface area contributed by atoms with Crippen LogP contribution in [0.5, 0.6) is 5.75 Å². The predicted molar refractivity (Wildman–Crippen MR) is 156 cm³/mol. The van der Waals surface area contributed by atoms with Gasteiger partial charge in [0.15, 0.2) is 0 Å². The van der Waals surface area contributed by atoms with Gasteiger partial charge in [0.1, 0.15) is 23.9 Å². The van der Waals surface area contributed by atoms with Crippen LogP contribution < -0.4 is 21.7 Å². The monoisotopic (exact) mass is 599 g/mol. The number of hydrogen-bond acceptors (Lipinski definition) is 8. The number of amides is 3. The smallest absolute Gasteiger partial charge is 0.327 e. The molecule has 0 aliphatic heterocycles. The maximum atomic E-state index is 13.4. The van der Waals surface area contributed by atoms with Crippen LogP contribution in [0.3, 0.4) is 0 Å². The summed E-state index contributed by atoms with van der Waals surface area (Å²) in [5, 5.41) is 36.2. The number of para-hydroxylation sites is 1. The van der Waals surface area contributed by atoms with Crippen molar-refractivity contribution < 1.29 is 39.3 Å². The van der Waals surface area contributed by atoms with Gasteiger partial charge in [0.25, 0.3) is 0 Å². The molecule has 2 aromatic carbocycles. The Labute approximate surface area is 246 Å². The molecule has 0 spiro atoms. The van der Waals surface area contributed by atoms with Crippen LogP contribution in [0, 0.1) is 0 Å². The number of aromatic nitrogens is 1. The third-order valence-corrected chi connectivity index (χ3v) is 6.90. The number of aliphatic carboxylic acids is 2. The van der Waals surface area contributed by atoms with Crippen LogP contribution in [-0.4, -0.2) is 79.9 Å². The normalized spacial score (nSPS) is 13.9. The van der Waals surface area contributed by atoms with Crippen LogP contribution in [0.1, 0.15) is 24.0 Å². The second-order valence-electron chi connectivity index (χ2n) is 9.68. The number of carbonyl (C=O) groups is 5. The Morgan fingerprint density at radius 3 is 2.10 bits per heavy atom. The summed E-state index contributed by atoms with van der Waals surface area (Å²) in [5.41, 5.74) is 8.44. The maximum Gasteiger partial charge on any atom is 0.327 e. The van der Waals surface area contributed by atoms with Gasteiger partial charge in [0.2, 0.25) is 17.7 Å². The average molecular weight is 600 g/mol. The number of phenols is 1. The summed E-state index contributed by atoms with van der Waals surface area (Å²) in [6.45, 7) is 0. The maximum absolute atomic E-state index is 13.4. The van der Waals surface area contributed by atoms with Gasteiger partial charge in [-0.1, -0.05) is 30.3 Å². The average Bonchev–Trinajstić information content (AvgIpc) is 3.36. The van der Waals surface area contributed by atoms with Gasteiger partial charge in [-0.15, -0.1) is 0 Å². The molecule has 3 aromatic rings. The second-order valence-corrected chi connectivity index (χ2v) is 10.0. The molecule has 0 saturated carbocycles. The highest BCUT2D eigenvalue weighted by atomic mass is 32.1. The minimum Gasteiger partial charge on any atom is -0.508 e. The van der Waals surface area contributed by atoms with Crippen molar-refractivity contribution in [2.45, 2.75) is 49.9 Å². The number of phenolic OH excluding ortho intramolecular Hbond substituents is 1. The Bertz CT molecular complexity index is 1430. The number of aromatic amines is 1. The van der Waals surface area contributed by atoms with Crippen LogP contribution in [0.25, 0.3) is 10.9 Å². The molecule has 0 saturated heterocycles. The van der Waals surface area contributed by atoms with Gasteiger partial charge < -0.3 is 42.0 Å². The molecule has 4 atom stereocenters. The molecular weight excluding hydrogens is 566 g/mol. The van der Waals surface area contributed by atoms with E-state index in [0.717, 1.165) is 16.5 Å². The zero-order valence-electron chi connectivity index (χ0n) is 22.4. The molecule has 1 heterocycles. The first kappa shape index (κ1) is 32.0. The number of hydrogen-bond donors (Lipinski definition) is 9. The number of carbonyl (C=O) groups excluding carboxylic acids is 3. The lowest BCUT2D eigenvalue weighted by atomic mass is 10.0. The first-order chi connectivity index (χ1) is 20.0. The van der Waals surface area contributed by atoms with E-state index in [4.69, 9.17) is 10.8 Å². The molecule has 0 radical (unpaired) electrons. The van der Waals surface area contributed by atoms with Crippen molar-refractivity contribution in [2.75, 3.05) is 5.75 Å². The topological polar surface area (TPSA) is 224 Å². The Kier molecular flexibility index (Phi) is 11.3. The number of H-pyrrole nitrogens is 1. The van der Waals surface area contributed by atoms with Crippen LogP contribution >= 0.6 is 12.6 Å². The van der Waals surface area contributed by atoms with Crippen LogP contribution in [0.15, 0.2) is 54.7 Å². The molecule has 14 heteroatoms. The predicted octanol–water partition coefficient (Wildman–Crippen LogP) is 0.320. The van der Waals surface area contributed by atoms with Gasteiger partial charge in [-0.25, -0.2) is 4.79 Å². The van der Waals surface area contributed by atoms with E-state index in [0.29, 0.717) is 5.56 Å². The highest BCUT2D eigenvalue weighted by Crippen LogP contribution is 2.19. The van der Waals surface area contributed by atoms with Crippen LogP contribution in [0.4, 0.5) is 0 Å². The number of aromatic hydroxyl groups is 1. The minimum atomic E-state index is -1.42. The summed E-state index contributed by atoms with van der Waals surface area (Å²) in [7, 11) is 0. The lowest BCUT2D eigenvalue weighted by Crippen LogP contribution is -2.58. The zero-order chi connectivity index (χ0) is 30.8. The number of thiol groups is 1. The number of rotatable bonds is 15. The Morgan fingerprint density at radius 2 is 1.45 bits per heavy atom. The summed E-state index contributed by atoms with van der Waals surface area (Å²) in [5.74, 6) is -5.23. The van der Waals surface area contributed by atoms with E-state index < -0.39 is 60.2 Å². The van der Waals surface area contributed by atoms with Crippen molar-refractivity contribution in [1.82, 2.24) is 20.9 Å². The molecule has 3 rings (SSSR count). The van der Waals surface area contributed by atoms with Crippen molar-refractivity contribution in [3.05, 3.63) is 65.9 Å². The number of carboxylic acids is 2. The summed E-state index contributed by atoms with van der Waals surface area (Å²) in [4.78, 5) is 65.1. The molecule has 13 nitrogen and oxygen atoms in total. The molecule has 0 bridgehead atoms. The molecule has 0 aliphatic carbocycles. The first-order valence-corrected chi connectivity index (χ1v) is 13.7. The molecule has 0 aliphatic rings. The van der Waals surface area contributed by atoms with Crippen molar-refractivity contribution in [2.24, 2.45) is 5.73 Å². The largest absolute Gasteiger partial charge is 0.508 e. The lowest BCUT2D eigenvalue weighted by molar-refractivity contribution is -0.142. The summed E-state index contributed by atoms with van der Waals surface area (Å²) in [6, 6.07) is 8.30. The van der Waals surface area contributed by atoms with E-state index in [1.807, 2.05) is 24.3 Å². The SMILES string of the molecule is NC(Cc1c[nH]c2ccccc12)C(=O)NC(Cc1ccc(O)cc1)C(=O)NC(CCC(=O)O)C(=O)NC(CS)C(=O)O. The molecule has 0 fully saturated rings. The van der Waals surface area contributed by atoms with E-state index in [1.165, 1.54) is 12.1 Å². The van der Waals surface area contributed by atoms with Gasteiger partial charge in [0.05, 0.1) is 6.04 Å². The molecule has 9 N–H and O–H groups in total. The van der Waals surface area contributed by atoms with Gasteiger partial charge in [-0.05, 0) is 42.2 Å². The van der Waals surface area contributed by atoms with E-state index in [1.54, 1.807) is 18.3 Å². The number of fused-ring (bicyclic) bond motifs is 1. The first-order valence-electron chi connectivity index (χ1n) is 13.0. The number of nitrogens with one attached hydrogen (secondary N) is 4. The number of benzene rings is 2. The molecular formula is C28H33N5O8S. The van der Waals surface area contributed by atoms with Crippen molar-refractivity contribution in [3.8, 4) is 5.75 Å². The van der Waals surface area contributed by atoms with Gasteiger partial charge >= 0.3 is 11.9 Å². The van der Waals surface area contributed by atoms with E-state index in [2.05, 4.69) is 33.6 Å². The Hall–Kier alpha value is -4.56. The fourth-order valence-corrected chi connectivity index (χ4v) is 4.50. The fraction of sp³-hybridized carbons (Fsp3) is 0.321. The van der Waals surface area contributed by atoms with Crippen LogP contribution in [0.2, 0.25) is 0 Å². The Balaban J connectivity index is 1.79. The highest BCUT2D eigenvalue weighted by Gasteiger charge is 2.30. The molecule has 4 unspecified atom stereocenters. The quantitative estimate of drug-likeness (QED) is 0.110. The second kappa shape index (κ2) is 14.9. The standard InChI is InChI=1S/C28H33N5O8S/c29-19(12-16-13-30-20-4-2-1-3-18(16)20)25(37)32-22(11-15-5-7-17(34)8-6-15)27(39)31-21(9-10-24(35)36)26(38)33-23(14-42)28(40)41/h1-8,13,19,21-23,30,34,42H,9-12,14,29H2,(H,31,39)(H,32,37)(H,33,38)(H,35,36)(H,40,41). The Morgan fingerprint density at radius 1 is 0.833 bits per heavy atom. The van der Waals surface area contributed by atoms with Crippen LogP contribution in [-0.2, 0) is 36.8 Å². The lowest BCUT2D eigenvalue weighted by Gasteiger charge is -2.25. The third kappa shape index (κ3) is 8.97. The summed E-state index contributed by atoms with van der Waals surface area (Å²) < 4.78 is 0. The van der Waals surface area contributed by atoms with E-state index >= 15 is 0 Å². The van der Waals surface area contributed by atoms with Crippen molar-refractivity contribution in [3.63, 3.8) is 0 Å². The minimum absolute atomic E-state index is 0.00730.